The van der Waals surface area contributed by atoms with Crippen molar-refractivity contribution < 1.29 is 4.74 Å². The number of thiazole rings is 1. The van der Waals surface area contributed by atoms with Crippen LogP contribution in [0.2, 0.25) is 0 Å². The SMILES string of the molecule is N=COc1ccc2[nH]c(=S)sc2c1. The highest BCUT2D eigenvalue weighted by molar-refractivity contribution is 7.73. The minimum atomic E-state index is 0.660. The molecule has 0 aliphatic carbocycles. The molecule has 0 amide bonds. The van der Waals surface area contributed by atoms with Gasteiger partial charge in [0.25, 0.3) is 0 Å². The predicted molar refractivity (Wildman–Crippen MR) is 56.4 cm³/mol. The number of rotatable bonds is 2. The number of H-pyrrole nitrogens is 1. The summed E-state index contributed by atoms with van der Waals surface area (Å²) in [5.41, 5.74) is 1.01. The number of aromatic nitrogens is 1. The summed E-state index contributed by atoms with van der Waals surface area (Å²) in [6.07, 6.45) is 0.910. The van der Waals surface area contributed by atoms with Crippen LogP contribution in [0.5, 0.6) is 5.75 Å². The molecular formula is C8H6N2OS2. The molecule has 1 aromatic heterocycles. The molecule has 1 aromatic carbocycles. The smallest absolute Gasteiger partial charge is 0.173 e. The van der Waals surface area contributed by atoms with Gasteiger partial charge in [-0.1, -0.05) is 0 Å². The van der Waals surface area contributed by atoms with Gasteiger partial charge in [-0.05, 0) is 24.4 Å². The molecule has 2 rings (SSSR count). The molecule has 0 bridgehead atoms. The Hall–Kier alpha value is -1.20. The van der Waals surface area contributed by atoms with Gasteiger partial charge in [-0.15, -0.1) is 11.3 Å². The van der Waals surface area contributed by atoms with Crippen molar-refractivity contribution in [1.29, 1.82) is 5.41 Å². The second-order valence-corrected chi connectivity index (χ2v) is 4.13. The van der Waals surface area contributed by atoms with Crippen LogP contribution in [-0.2, 0) is 0 Å². The van der Waals surface area contributed by atoms with Gasteiger partial charge < -0.3 is 9.72 Å². The van der Waals surface area contributed by atoms with Crippen LogP contribution in [-0.4, -0.2) is 11.4 Å². The second kappa shape index (κ2) is 3.27. The second-order valence-electron chi connectivity index (χ2n) is 2.41. The molecule has 1 heterocycles. The van der Waals surface area contributed by atoms with Crippen LogP contribution in [0.3, 0.4) is 0 Å². The fourth-order valence-corrected chi connectivity index (χ4v) is 2.21. The van der Waals surface area contributed by atoms with E-state index < -0.39 is 0 Å². The van der Waals surface area contributed by atoms with E-state index in [9.17, 15) is 0 Å². The Morgan fingerprint density at radius 2 is 2.38 bits per heavy atom. The maximum Gasteiger partial charge on any atom is 0.173 e. The molecular weight excluding hydrogens is 204 g/mol. The highest BCUT2D eigenvalue weighted by atomic mass is 32.1. The number of fused-ring (bicyclic) bond motifs is 1. The lowest BCUT2D eigenvalue weighted by atomic mass is 10.3. The Kier molecular flexibility index (Phi) is 2.12. The molecule has 5 heteroatoms. The molecule has 3 nitrogen and oxygen atoms in total. The van der Waals surface area contributed by atoms with Crippen LogP contribution in [0, 0.1) is 9.36 Å². The number of ether oxygens (including phenoxy) is 1. The molecule has 0 atom stereocenters. The first-order chi connectivity index (χ1) is 6.29. The Balaban J connectivity index is 2.60. The minimum absolute atomic E-state index is 0.660. The lowest BCUT2D eigenvalue weighted by Gasteiger charge is -1.96. The third-order valence-electron chi connectivity index (χ3n) is 1.59. The topological polar surface area (TPSA) is 48.9 Å². The number of nitrogens with one attached hydrogen (secondary N) is 2. The fraction of sp³-hybridized carbons (Fsp3) is 0. The minimum Gasteiger partial charge on any atom is -0.446 e. The maximum absolute atomic E-state index is 6.78. The number of aromatic amines is 1. The van der Waals surface area contributed by atoms with E-state index in [0.29, 0.717) is 5.75 Å². The van der Waals surface area contributed by atoms with Gasteiger partial charge in [0.2, 0.25) is 0 Å². The van der Waals surface area contributed by atoms with Crippen molar-refractivity contribution in [3.05, 3.63) is 22.2 Å². The van der Waals surface area contributed by atoms with E-state index >= 15 is 0 Å². The molecule has 0 spiro atoms. The molecule has 0 fully saturated rings. The van der Waals surface area contributed by atoms with Crippen LogP contribution in [0.15, 0.2) is 18.2 Å². The highest BCUT2D eigenvalue weighted by Crippen LogP contribution is 2.23. The van der Waals surface area contributed by atoms with Gasteiger partial charge >= 0.3 is 0 Å². The number of benzene rings is 1. The summed E-state index contributed by atoms with van der Waals surface area (Å²) in [6, 6.07) is 5.54. The van der Waals surface area contributed by atoms with Crippen molar-refractivity contribution in [2.24, 2.45) is 0 Å². The zero-order chi connectivity index (χ0) is 9.26. The van der Waals surface area contributed by atoms with E-state index in [-0.39, 0.29) is 0 Å². The standard InChI is InChI=1S/C8H6N2OS2/c9-4-11-5-1-2-6-7(3-5)13-8(12)10-6/h1-4,9H,(H,10,12). The highest BCUT2D eigenvalue weighted by Gasteiger charge is 1.98. The monoisotopic (exact) mass is 210 g/mol. The number of hydrogen-bond donors (Lipinski definition) is 2. The molecule has 0 aliphatic heterocycles. The molecule has 0 saturated heterocycles. The van der Waals surface area contributed by atoms with Gasteiger partial charge in [-0.25, -0.2) is 0 Å². The Labute approximate surface area is 83.5 Å². The normalized spacial score (nSPS) is 10.2. The zero-order valence-corrected chi connectivity index (χ0v) is 8.17. The van der Waals surface area contributed by atoms with E-state index in [1.165, 1.54) is 11.3 Å². The molecule has 2 N–H and O–H groups in total. The van der Waals surface area contributed by atoms with Gasteiger partial charge in [0.1, 0.15) is 5.75 Å². The number of hydrogen-bond acceptors (Lipinski definition) is 4. The quantitative estimate of drug-likeness (QED) is 0.455. The Morgan fingerprint density at radius 1 is 1.54 bits per heavy atom. The molecule has 0 radical (unpaired) electrons. The van der Waals surface area contributed by atoms with Crippen molar-refractivity contribution >= 4 is 40.2 Å². The third-order valence-corrected chi connectivity index (χ3v) is 2.78. The Bertz CT molecular complexity index is 500. The molecule has 0 aliphatic rings. The molecule has 66 valence electrons. The van der Waals surface area contributed by atoms with E-state index in [0.717, 1.165) is 20.6 Å². The van der Waals surface area contributed by atoms with Crippen molar-refractivity contribution in [3.8, 4) is 5.75 Å². The first-order valence-electron chi connectivity index (χ1n) is 3.58. The molecule has 0 saturated carbocycles. The van der Waals surface area contributed by atoms with Gasteiger partial charge in [0.05, 0.1) is 10.2 Å². The molecule has 0 unspecified atom stereocenters. The maximum atomic E-state index is 6.78. The van der Waals surface area contributed by atoms with Crippen molar-refractivity contribution in [2.75, 3.05) is 0 Å². The molecule has 13 heavy (non-hydrogen) atoms. The summed E-state index contributed by atoms with van der Waals surface area (Å²) in [4.78, 5) is 3.05. The average Bonchev–Trinajstić information content (AvgIpc) is 2.44. The Morgan fingerprint density at radius 3 is 3.15 bits per heavy atom. The summed E-state index contributed by atoms with van der Waals surface area (Å²) in [7, 11) is 0. The first kappa shape index (κ1) is 8.40. The van der Waals surface area contributed by atoms with Crippen LogP contribution < -0.4 is 4.74 Å². The summed E-state index contributed by atoms with van der Waals surface area (Å²) in [5.74, 6) is 0.660. The van der Waals surface area contributed by atoms with Crippen molar-refractivity contribution in [3.63, 3.8) is 0 Å². The van der Waals surface area contributed by atoms with E-state index in [1.54, 1.807) is 6.07 Å². The van der Waals surface area contributed by atoms with Gasteiger partial charge in [-0.2, -0.15) is 0 Å². The van der Waals surface area contributed by atoms with Gasteiger partial charge in [0.15, 0.2) is 10.4 Å². The van der Waals surface area contributed by atoms with Crippen molar-refractivity contribution in [1.82, 2.24) is 4.98 Å². The van der Waals surface area contributed by atoms with E-state index in [2.05, 4.69) is 4.98 Å². The fourth-order valence-electron chi connectivity index (χ4n) is 1.07. The van der Waals surface area contributed by atoms with E-state index in [4.69, 9.17) is 22.4 Å². The van der Waals surface area contributed by atoms with E-state index in [1.807, 2.05) is 12.1 Å². The summed E-state index contributed by atoms with van der Waals surface area (Å²) in [6.45, 7) is 0. The van der Waals surface area contributed by atoms with Gasteiger partial charge in [0, 0.05) is 6.07 Å². The first-order valence-corrected chi connectivity index (χ1v) is 4.80. The van der Waals surface area contributed by atoms with Crippen molar-refractivity contribution in [2.45, 2.75) is 0 Å². The zero-order valence-electron chi connectivity index (χ0n) is 6.53. The average molecular weight is 210 g/mol. The lowest BCUT2D eigenvalue weighted by molar-refractivity contribution is 0.571. The van der Waals surface area contributed by atoms with Crippen LogP contribution >= 0.6 is 23.6 Å². The summed E-state index contributed by atoms with van der Waals surface area (Å²) >= 11 is 6.49. The summed E-state index contributed by atoms with van der Waals surface area (Å²) in [5, 5.41) is 6.78. The lowest BCUT2D eigenvalue weighted by Crippen LogP contribution is -1.86. The summed E-state index contributed by atoms with van der Waals surface area (Å²) < 4.78 is 6.72. The largest absolute Gasteiger partial charge is 0.446 e. The predicted octanol–water partition coefficient (Wildman–Crippen LogP) is 2.94. The van der Waals surface area contributed by atoms with Crippen LogP contribution in [0.25, 0.3) is 10.2 Å². The third kappa shape index (κ3) is 1.61. The van der Waals surface area contributed by atoms with Gasteiger partial charge in [-0.3, -0.25) is 5.41 Å². The molecule has 2 aromatic rings. The van der Waals surface area contributed by atoms with Crippen LogP contribution in [0.4, 0.5) is 0 Å². The van der Waals surface area contributed by atoms with Crippen LogP contribution in [0.1, 0.15) is 0 Å².